The Morgan fingerprint density at radius 3 is 2.79 bits per heavy atom. The predicted octanol–water partition coefficient (Wildman–Crippen LogP) is 1.37. The van der Waals surface area contributed by atoms with Gasteiger partial charge >= 0.3 is 0 Å². The van der Waals surface area contributed by atoms with Crippen molar-refractivity contribution in [2.24, 2.45) is 5.73 Å². The molecule has 0 atom stereocenters. The van der Waals surface area contributed by atoms with Gasteiger partial charge in [-0.2, -0.15) is 11.8 Å². The van der Waals surface area contributed by atoms with Gasteiger partial charge in [-0.15, -0.1) is 0 Å². The fraction of sp³-hybridized carbons (Fsp3) is 0.900. The number of hydrogen-bond donors (Lipinski definition) is 2. The Kier molecular flexibility index (Phi) is 10.7. The fourth-order valence-electron chi connectivity index (χ4n) is 0.932. The largest absolute Gasteiger partial charge is 0.356 e. The van der Waals surface area contributed by atoms with Crippen molar-refractivity contribution in [2.75, 3.05) is 24.6 Å². The second-order valence-corrected chi connectivity index (χ2v) is 4.43. The second-order valence-electron chi connectivity index (χ2n) is 3.21. The van der Waals surface area contributed by atoms with E-state index in [0.717, 1.165) is 18.7 Å². The number of carbonyl (C=O) groups is 1. The van der Waals surface area contributed by atoms with Crippen molar-refractivity contribution in [2.45, 2.75) is 32.6 Å². The van der Waals surface area contributed by atoms with Gasteiger partial charge in [-0.1, -0.05) is 13.3 Å². The topological polar surface area (TPSA) is 55.1 Å². The molecule has 14 heavy (non-hydrogen) atoms. The van der Waals surface area contributed by atoms with Crippen LogP contribution in [0.25, 0.3) is 0 Å². The molecule has 0 radical (unpaired) electrons. The number of nitrogens with one attached hydrogen (secondary N) is 1. The molecule has 3 N–H and O–H groups in total. The Bertz CT molecular complexity index is 142. The molecule has 0 aromatic carbocycles. The van der Waals surface area contributed by atoms with Gasteiger partial charge in [-0.25, -0.2) is 0 Å². The monoisotopic (exact) mass is 218 g/mol. The highest BCUT2D eigenvalue weighted by molar-refractivity contribution is 7.99. The van der Waals surface area contributed by atoms with E-state index in [-0.39, 0.29) is 5.91 Å². The summed E-state index contributed by atoms with van der Waals surface area (Å²) in [6.07, 6.45) is 3.99. The maximum absolute atomic E-state index is 11.2. The standard InChI is InChI=1S/C10H22N2OS/c1-2-3-8-14-9-5-10(13)12-7-4-6-11/h2-9,11H2,1H3,(H,12,13). The third-order valence-electron chi connectivity index (χ3n) is 1.82. The van der Waals surface area contributed by atoms with Crippen LogP contribution in [0.5, 0.6) is 0 Å². The fourth-order valence-corrected chi connectivity index (χ4v) is 1.96. The Balaban J connectivity index is 3.10. The Labute approximate surface area is 91.2 Å². The van der Waals surface area contributed by atoms with E-state index in [4.69, 9.17) is 5.73 Å². The maximum Gasteiger partial charge on any atom is 0.220 e. The maximum atomic E-state index is 11.2. The molecule has 1 amide bonds. The quantitative estimate of drug-likeness (QED) is 0.575. The zero-order chi connectivity index (χ0) is 10.6. The minimum Gasteiger partial charge on any atom is -0.356 e. The highest BCUT2D eigenvalue weighted by atomic mass is 32.2. The molecular formula is C10H22N2OS. The summed E-state index contributed by atoms with van der Waals surface area (Å²) < 4.78 is 0. The van der Waals surface area contributed by atoms with E-state index in [2.05, 4.69) is 12.2 Å². The van der Waals surface area contributed by atoms with Crippen LogP contribution in [-0.2, 0) is 4.79 Å². The summed E-state index contributed by atoms with van der Waals surface area (Å²) in [4.78, 5) is 11.2. The summed E-state index contributed by atoms with van der Waals surface area (Å²) in [6.45, 7) is 3.54. The van der Waals surface area contributed by atoms with Crippen molar-refractivity contribution < 1.29 is 4.79 Å². The number of thioether (sulfide) groups is 1. The van der Waals surface area contributed by atoms with E-state index in [1.54, 1.807) is 0 Å². The lowest BCUT2D eigenvalue weighted by Crippen LogP contribution is -2.26. The molecule has 0 aromatic heterocycles. The number of unbranched alkanes of at least 4 members (excludes halogenated alkanes) is 1. The molecule has 0 aliphatic rings. The average Bonchev–Trinajstić information content (AvgIpc) is 2.18. The third kappa shape index (κ3) is 9.86. The van der Waals surface area contributed by atoms with E-state index in [0.29, 0.717) is 13.0 Å². The van der Waals surface area contributed by atoms with E-state index < -0.39 is 0 Å². The lowest BCUT2D eigenvalue weighted by atomic mass is 10.4. The molecule has 0 saturated heterocycles. The number of rotatable bonds is 9. The van der Waals surface area contributed by atoms with Crippen molar-refractivity contribution in [1.29, 1.82) is 0 Å². The van der Waals surface area contributed by atoms with Crippen LogP contribution in [0, 0.1) is 0 Å². The minimum absolute atomic E-state index is 0.155. The van der Waals surface area contributed by atoms with Crippen LogP contribution < -0.4 is 11.1 Å². The highest BCUT2D eigenvalue weighted by Gasteiger charge is 1.99. The summed E-state index contributed by atoms with van der Waals surface area (Å²) in [5, 5.41) is 2.84. The molecule has 0 aliphatic carbocycles. The molecule has 0 bridgehead atoms. The lowest BCUT2D eigenvalue weighted by Gasteiger charge is -2.03. The van der Waals surface area contributed by atoms with Crippen LogP contribution in [0.2, 0.25) is 0 Å². The Morgan fingerprint density at radius 1 is 1.36 bits per heavy atom. The van der Waals surface area contributed by atoms with Crippen molar-refractivity contribution in [3.63, 3.8) is 0 Å². The summed E-state index contributed by atoms with van der Waals surface area (Å²) in [6, 6.07) is 0. The van der Waals surface area contributed by atoms with Gasteiger partial charge in [0, 0.05) is 18.7 Å². The Hall–Kier alpha value is -0.220. The summed E-state index contributed by atoms with van der Waals surface area (Å²) in [5.41, 5.74) is 5.31. The summed E-state index contributed by atoms with van der Waals surface area (Å²) >= 11 is 1.86. The molecule has 4 heteroatoms. The highest BCUT2D eigenvalue weighted by Crippen LogP contribution is 2.05. The summed E-state index contributed by atoms with van der Waals surface area (Å²) in [5.74, 6) is 2.27. The molecule has 0 heterocycles. The van der Waals surface area contributed by atoms with Crippen molar-refractivity contribution in [3.05, 3.63) is 0 Å². The SMILES string of the molecule is CCCCSCCC(=O)NCCCN. The number of amides is 1. The van der Waals surface area contributed by atoms with E-state index in [1.807, 2.05) is 11.8 Å². The number of carbonyl (C=O) groups excluding carboxylic acids is 1. The smallest absolute Gasteiger partial charge is 0.220 e. The van der Waals surface area contributed by atoms with E-state index >= 15 is 0 Å². The first kappa shape index (κ1) is 13.8. The minimum atomic E-state index is 0.155. The van der Waals surface area contributed by atoms with Crippen LogP contribution in [-0.4, -0.2) is 30.5 Å². The van der Waals surface area contributed by atoms with Crippen LogP contribution in [0.4, 0.5) is 0 Å². The molecule has 0 aliphatic heterocycles. The number of hydrogen-bond acceptors (Lipinski definition) is 3. The molecular weight excluding hydrogens is 196 g/mol. The lowest BCUT2D eigenvalue weighted by molar-refractivity contribution is -0.120. The molecule has 84 valence electrons. The van der Waals surface area contributed by atoms with Gasteiger partial charge in [-0.3, -0.25) is 4.79 Å². The molecule has 0 aromatic rings. The van der Waals surface area contributed by atoms with E-state index in [1.165, 1.54) is 18.6 Å². The molecule has 0 rings (SSSR count). The van der Waals surface area contributed by atoms with Gasteiger partial charge < -0.3 is 11.1 Å². The molecule has 0 spiro atoms. The number of nitrogens with two attached hydrogens (primary N) is 1. The van der Waals surface area contributed by atoms with Gasteiger partial charge in [0.2, 0.25) is 5.91 Å². The molecule has 3 nitrogen and oxygen atoms in total. The van der Waals surface area contributed by atoms with Crippen LogP contribution in [0.15, 0.2) is 0 Å². The predicted molar refractivity (Wildman–Crippen MR) is 63.5 cm³/mol. The van der Waals surface area contributed by atoms with Gasteiger partial charge in [-0.05, 0) is 25.1 Å². The van der Waals surface area contributed by atoms with Crippen molar-refractivity contribution >= 4 is 17.7 Å². The first-order valence-electron chi connectivity index (χ1n) is 5.35. The first-order chi connectivity index (χ1) is 6.81. The zero-order valence-electron chi connectivity index (χ0n) is 9.05. The van der Waals surface area contributed by atoms with E-state index in [9.17, 15) is 4.79 Å². The normalized spacial score (nSPS) is 10.1. The van der Waals surface area contributed by atoms with Crippen molar-refractivity contribution in [1.82, 2.24) is 5.32 Å². The third-order valence-corrected chi connectivity index (χ3v) is 2.89. The molecule has 0 fully saturated rings. The van der Waals surface area contributed by atoms with Crippen LogP contribution >= 0.6 is 11.8 Å². The average molecular weight is 218 g/mol. The van der Waals surface area contributed by atoms with Crippen LogP contribution in [0.3, 0.4) is 0 Å². The first-order valence-corrected chi connectivity index (χ1v) is 6.51. The van der Waals surface area contributed by atoms with Crippen molar-refractivity contribution in [3.8, 4) is 0 Å². The van der Waals surface area contributed by atoms with Gasteiger partial charge in [0.1, 0.15) is 0 Å². The molecule has 0 saturated carbocycles. The molecule has 0 unspecified atom stereocenters. The Morgan fingerprint density at radius 2 is 2.14 bits per heavy atom. The zero-order valence-corrected chi connectivity index (χ0v) is 9.87. The second kappa shape index (κ2) is 10.9. The summed E-state index contributed by atoms with van der Waals surface area (Å²) in [7, 11) is 0. The van der Waals surface area contributed by atoms with Gasteiger partial charge in [0.25, 0.3) is 0 Å². The van der Waals surface area contributed by atoms with Gasteiger partial charge in [0.15, 0.2) is 0 Å². The van der Waals surface area contributed by atoms with Crippen LogP contribution in [0.1, 0.15) is 32.6 Å². The van der Waals surface area contributed by atoms with Gasteiger partial charge in [0.05, 0.1) is 0 Å².